The Bertz CT molecular complexity index is 1080. The third kappa shape index (κ3) is 5.84. The predicted molar refractivity (Wildman–Crippen MR) is 130 cm³/mol. The van der Waals surface area contributed by atoms with Gasteiger partial charge in [0.2, 0.25) is 17.8 Å². The molecule has 1 aliphatic heterocycles. The third-order valence-corrected chi connectivity index (χ3v) is 5.84. The molecule has 4 rings (SSSR count). The summed E-state index contributed by atoms with van der Waals surface area (Å²) in [4.78, 5) is 26.9. The topological polar surface area (TPSA) is 92.3 Å². The molecule has 1 saturated heterocycles. The molecule has 0 aliphatic carbocycles. The molecule has 172 valence electrons. The summed E-state index contributed by atoms with van der Waals surface area (Å²) in [5.74, 6) is 1.01. The number of amides is 1. The van der Waals surface area contributed by atoms with E-state index in [0.717, 1.165) is 42.9 Å². The second kappa shape index (κ2) is 10.4. The Balaban J connectivity index is 1.37. The van der Waals surface area contributed by atoms with Gasteiger partial charge in [0.25, 0.3) is 0 Å². The molecule has 0 radical (unpaired) electrons. The first kappa shape index (κ1) is 22.7. The van der Waals surface area contributed by atoms with E-state index in [1.165, 1.54) is 18.8 Å². The van der Waals surface area contributed by atoms with Crippen molar-refractivity contribution in [3.63, 3.8) is 0 Å². The van der Waals surface area contributed by atoms with Crippen LogP contribution in [0.1, 0.15) is 43.9 Å². The molecule has 8 heteroatoms. The molecule has 1 amide bonds. The van der Waals surface area contributed by atoms with E-state index in [-0.39, 0.29) is 18.1 Å². The fourth-order valence-electron chi connectivity index (χ4n) is 4.00. The van der Waals surface area contributed by atoms with Crippen molar-refractivity contribution in [1.82, 2.24) is 15.0 Å². The van der Waals surface area contributed by atoms with Gasteiger partial charge in [-0.25, -0.2) is 9.97 Å². The van der Waals surface area contributed by atoms with Crippen LogP contribution in [0.3, 0.4) is 0 Å². The molecule has 3 aromatic rings. The zero-order valence-electron chi connectivity index (χ0n) is 19.3. The highest BCUT2D eigenvalue weighted by Crippen LogP contribution is 2.27. The lowest BCUT2D eigenvalue weighted by atomic mass is 10.1. The molecule has 0 bridgehead atoms. The van der Waals surface area contributed by atoms with Gasteiger partial charge < -0.3 is 20.3 Å². The van der Waals surface area contributed by atoms with Crippen LogP contribution in [-0.2, 0) is 9.53 Å². The van der Waals surface area contributed by atoms with E-state index >= 15 is 0 Å². The molecule has 2 aromatic carbocycles. The molecule has 8 nitrogen and oxygen atoms in total. The Hall–Kier alpha value is -3.52. The minimum atomic E-state index is -0.108. The fraction of sp³-hybridized carbons (Fsp3) is 0.360. The second-order valence-corrected chi connectivity index (χ2v) is 8.27. The Labute approximate surface area is 194 Å². The van der Waals surface area contributed by atoms with Gasteiger partial charge in [0.05, 0.1) is 12.2 Å². The van der Waals surface area contributed by atoms with E-state index < -0.39 is 0 Å². The maximum absolute atomic E-state index is 11.4. The molecule has 0 saturated carbocycles. The Morgan fingerprint density at radius 1 is 1.06 bits per heavy atom. The molecule has 1 fully saturated rings. The monoisotopic (exact) mass is 446 g/mol. The van der Waals surface area contributed by atoms with E-state index in [9.17, 15) is 4.79 Å². The van der Waals surface area contributed by atoms with E-state index in [2.05, 4.69) is 49.5 Å². The van der Waals surface area contributed by atoms with Crippen molar-refractivity contribution >= 4 is 29.2 Å². The molecule has 0 unspecified atom stereocenters. The Morgan fingerprint density at radius 3 is 2.52 bits per heavy atom. The number of nitrogens with zero attached hydrogens (tertiary/aromatic N) is 4. The molecule has 1 aliphatic rings. The average molecular weight is 447 g/mol. The van der Waals surface area contributed by atoms with Crippen LogP contribution in [-0.4, -0.2) is 40.1 Å². The van der Waals surface area contributed by atoms with Gasteiger partial charge in [-0.3, -0.25) is 4.79 Å². The first-order chi connectivity index (χ1) is 16.0. The third-order valence-electron chi connectivity index (χ3n) is 5.84. The second-order valence-electron chi connectivity index (χ2n) is 8.27. The highest BCUT2D eigenvalue weighted by Gasteiger charge is 2.24. The normalized spacial score (nSPS) is 15.2. The number of carbonyl (C=O) groups is 1. The van der Waals surface area contributed by atoms with Crippen LogP contribution in [0.4, 0.5) is 23.3 Å². The standard InChI is InChI=1S/C25H30N6O2/c1-17-22(28-19(3)32)10-7-11-23(17)29-24-26-16-27-25(30-24)31-14-12-21(13-15-31)33-18(2)20-8-5-4-6-9-20/h4-11,16,18,21H,12-15H2,1-3H3,(H,28,32)(H,26,27,29,30)/t18-/m1/s1. The van der Waals surface area contributed by atoms with Crippen LogP contribution >= 0.6 is 0 Å². The quantitative estimate of drug-likeness (QED) is 0.547. The number of ether oxygens (including phenoxy) is 1. The minimum absolute atomic E-state index is 0.0761. The number of rotatable bonds is 7. The van der Waals surface area contributed by atoms with Gasteiger partial charge in [0, 0.05) is 31.4 Å². The van der Waals surface area contributed by atoms with E-state index in [4.69, 9.17) is 4.74 Å². The van der Waals surface area contributed by atoms with Crippen LogP contribution in [0.25, 0.3) is 0 Å². The SMILES string of the molecule is CC(=O)Nc1cccc(Nc2ncnc(N3CCC(O[C@H](C)c4ccccc4)CC3)n2)c1C. The molecule has 2 heterocycles. The molecular weight excluding hydrogens is 416 g/mol. The summed E-state index contributed by atoms with van der Waals surface area (Å²) in [5, 5.41) is 6.09. The largest absolute Gasteiger partial charge is 0.370 e. The highest BCUT2D eigenvalue weighted by molar-refractivity contribution is 5.90. The van der Waals surface area contributed by atoms with Crippen LogP contribution in [0.15, 0.2) is 54.9 Å². The summed E-state index contributed by atoms with van der Waals surface area (Å²) >= 11 is 0. The average Bonchev–Trinajstić information content (AvgIpc) is 2.83. The zero-order valence-corrected chi connectivity index (χ0v) is 19.3. The van der Waals surface area contributed by atoms with Gasteiger partial charge in [-0.1, -0.05) is 36.4 Å². The summed E-state index contributed by atoms with van der Waals surface area (Å²) in [5.41, 5.74) is 3.71. The van der Waals surface area contributed by atoms with Crippen LogP contribution in [0.2, 0.25) is 0 Å². The fourth-order valence-corrected chi connectivity index (χ4v) is 4.00. The molecule has 1 aromatic heterocycles. The number of carbonyl (C=O) groups excluding carboxylic acids is 1. The van der Waals surface area contributed by atoms with Crippen molar-refractivity contribution < 1.29 is 9.53 Å². The summed E-state index contributed by atoms with van der Waals surface area (Å²) in [7, 11) is 0. The number of hydrogen-bond acceptors (Lipinski definition) is 7. The minimum Gasteiger partial charge on any atom is -0.370 e. The zero-order chi connectivity index (χ0) is 23.2. The van der Waals surface area contributed by atoms with Gasteiger partial charge in [0.1, 0.15) is 6.33 Å². The lowest BCUT2D eigenvalue weighted by Crippen LogP contribution is -2.38. The van der Waals surface area contributed by atoms with Crippen molar-refractivity contribution in [2.75, 3.05) is 28.6 Å². The number of piperidine rings is 1. The van der Waals surface area contributed by atoms with Crippen LogP contribution in [0, 0.1) is 6.92 Å². The molecular formula is C25H30N6O2. The molecule has 0 spiro atoms. The number of anilines is 4. The van der Waals surface area contributed by atoms with Crippen LogP contribution < -0.4 is 15.5 Å². The van der Waals surface area contributed by atoms with Gasteiger partial charge >= 0.3 is 0 Å². The summed E-state index contributed by atoms with van der Waals surface area (Å²) in [6.07, 6.45) is 3.66. The van der Waals surface area contributed by atoms with Crippen molar-refractivity contribution in [3.05, 3.63) is 66.0 Å². The van der Waals surface area contributed by atoms with E-state index in [0.29, 0.717) is 11.9 Å². The van der Waals surface area contributed by atoms with Gasteiger partial charge in [-0.05, 0) is 49.9 Å². The number of nitrogens with one attached hydrogen (secondary N) is 2. The van der Waals surface area contributed by atoms with Gasteiger partial charge in [0.15, 0.2) is 0 Å². The number of benzene rings is 2. The predicted octanol–water partition coefficient (Wildman–Crippen LogP) is 4.63. The Kier molecular flexibility index (Phi) is 7.14. The first-order valence-corrected chi connectivity index (χ1v) is 11.3. The molecule has 33 heavy (non-hydrogen) atoms. The maximum atomic E-state index is 11.4. The summed E-state index contributed by atoms with van der Waals surface area (Å²) in [6, 6.07) is 16.0. The molecule has 2 N–H and O–H groups in total. The lowest BCUT2D eigenvalue weighted by molar-refractivity contribution is -0.114. The maximum Gasteiger partial charge on any atom is 0.232 e. The van der Waals surface area contributed by atoms with Gasteiger partial charge in [-0.2, -0.15) is 4.98 Å². The number of aromatic nitrogens is 3. The highest BCUT2D eigenvalue weighted by atomic mass is 16.5. The van der Waals surface area contributed by atoms with Crippen LogP contribution in [0.5, 0.6) is 0 Å². The van der Waals surface area contributed by atoms with E-state index in [1.54, 1.807) is 0 Å². The Morgan fingerprint density at radius 2 is 1.79 bits per heavy atom. The molecule has 1 atom stereocenters. The summed E-state index contributed by atoms with van der Waals surface area (Å²) in [6.45, 7) is 7.19. The van der Waals surface area contributed by atoms with Gasteiger partial charge in [-0.15, -0.1) is 0 Å². The first-order valence-electron chi connectivity index (χ1n) is 11.3. The van der Waals surface area contributed by atoms with E-state index in [1.807, 2.05) is 43.3 Å². The van der Waals surface area contributed by atoms with Crippen molar-refractivity contribution in [2.24, 2.45) is 0 Å². The number of hydrogen-bond donors (Lipinski definition) is 2. The summed E-state index contributed by atoms with van der Waals surface area (Å²) < 4.78 is 6.29. The van der Waals surface area contributed by atoms with Crippen molar-refractivity contribution in [2.45, 2.75) is 45.8 Å². The van der Waals surface area contributed by atoms with Crippen molar-refractivity contribution in [1.29, 1.82) is 0 Å². The lowest BCUT2D eigenvalue weighted by Gasteiger charge is -2.33. The van der Waals surface area contributed by atoms with Crippen molar-refractivity contribution in [3.8, 4) is 0 Å². The smallest absolute Gasteiger partial charge is 0.232 e.